The van der Waals surface area contributed by atoms with Crippen LogP contribution < -0.4 is 5.32 Å². The summed E-state index contributed by atoms with van der Waals surface area (Å²) in [5.74, 6) is 0.466. The molecule has 1 unspecified atom stereocenters. The molecule has 1 saturated carbocycles. The topological polar surface area (TPSA) is 32.3 Å². The van der Waals surface area contributed by atoms with Gasteiger partial charge in [-0.25, -0.2) is 0 Å². The molecule has 0 heterocycles. The van der Waals surface area contributed by atoms with Gasteiger partial charge in [0.25, 0.3) is 0 Å². The summed E-state index contributed by atoms with van der Waals surface area (Å²) in [4.78, 5) is 0. The Kier molecular flexibility index (Phi) is 4.56. The van der Waals surface area contributed by atoms with Crippen molar-refractivity contribution >= 4 is 34.8 Å². The maximum Gasteiger partial charge on any atom is 0.0692 e. The van der Waals surface area contributed by atoms with Gasteiger partial charge in [0, 0.05) is 23.7 Å². The minimum absolute atomic E-state index is 0.272. The molecule has 0 spiro atoms. The molecule has 1 aliphatic rings. The predicted octanol–water partition coefficient (Wildman–Crippen LogP) is 3.51. The number of nitrogens with one attached hydrogen (secondary N) is 1. The van der Waals surface area contributed by atoms with Gasteiger partial charge in [0.15, 0.2) is 0 Å². The molecule has 0 radical (unpaired) electrons. The van der Waals surface area contributed by atoms with Crippen LogP contribution in [0.2, 0.25) is 15.1 Å². The Hall–Kier alpha value is 0.01000. The highest BCUT2D eigenvalue weighted by atomic mass is 35.5. The normalized spacial score (nSPS) is 17.2. The van der Waals surface area contributed by atoms with Gasteiger partial charge in [-0.15, -0.1) is 0 Å². The average molecular weight is 295 g/mol. The highest BCUT2D eigenvalue weighted by Crippen LogP contribution is 2.33. The van der Waals surface area contributed by atoms with Crippen LogP contribution >= 0.6 is 34.8 Å². The molecule has 5 heteroatoms. The van der Waals surface area contributed by atoms with Crippen LogP contribution in [0.25, 0.3) is 0 Å². The van der Waals surface area contributed by atoms with E-state index in [0.29, 0.717) is 34.1 Å². The number of hydrogen-bond donors (Lipinski definition) is 2. The summed E-state index contributed by atoms with van der Waals surface area (Å²) >= 11 is 18.0. The van der Waals surface area contributed by atoms with Crippen molar-refractivity contribution in [2.24, 2.45) is 5.92 Å². The zero-order valence-corrected chi connectivity index (χ0v) is 11.5. The van der Waals surface area contributed by atoms with Crippen molar-refractivity contribution in [1.29, 1.82) is 0 Å². The van der Waals surface area contributed by atoms with Crippen LogP contribution in [0.3, 0.4) is 0 Å². The van der Waals surface area contributed by atoms with E-state index >= 15 is 0 Å². The lowest BCUT2D eigenvalue weighted by molar-refractivity contribution is 0.148. The van der Waals surface area contributed by atoms with Crippen LogP contribution in [0.1, 0.15) is 18.4 Å². The summed E-state index contributed by atoms with van der Waals surface area (Å²) in [5.41, 5.74) is 0.781. The van der Waals surface area contributed by atoms with E-state index in [2.05, 4.69) is 5.32 Å². The molecular formula is C12H14Cl3NO. The molecule has 1 atom stereocenters. The molecule has 0 aromatic heterocycles. The van der Waals surface area contributed by atoms with E-state index in [1.807, 2.05) is 0 Å². The molecule has 0 saturated heterocycles. The second-order valence-electron chi connectivity index (χ2n) is 4.36. The third-order valence-electron chi connectivity index (χ3n) is 2.96. The molecule has 2 N–H and O–H groups in total. The Morgan fingerprint density at radius 1 is 1.24 bits per heavy atom. The van der Waals surface area contributed by atoms with Crippen LogP contribution in [0, 0.1) is 5.92 Å². The lowest BCUT2D eigenvalue weighted by Gasteiger charge is -2.13. The molecule has 1 aliphatic carbocycles. The first kappa shape index (κ1) is 13.4. The molecule has 1 aromatic carbocycles. The summed E-state index contributed by atoms with van der Waals surface area (Å²) in [7, 11) is 0. The molecule has 17 heavy (non-hydrogen) atoms. The van der Waals surface area contributed by atoms with E-state index in [1.54, 1.807) is 12.1 Å². The first-order valence-electron chi connectivity index (χ1n) is 5.60. The fraction of sp³-hybridized carbons (Fsp3) is 0.500. The minimum atomic E-state index is -0.272. The lowest BCUT2D eigenvalue weighted by atomic mass is 10.2. The summed E-state index contributed by atoms with van der Waals surface area (Å²) in [6, 6.07) is 3.40. The number of rotatable bonds is 5. The van der Waals surface area contributed by atoms with Gasteiger partial charge in [-0.3, -0.25) is 0 Å². The molecule has 0 bridgehead atoms. The molecule has 1 fully saturated rings. The van der Waals surface area contributed by atoms with Crippen molar-refractivity contribution in [3.63, 3.8) is 0 Å². The average Bonchev–Trinajstić information content (AvgIpc) is 3.12. The Morgan fingerprint density at radius 3 is 2.53 bits per heavy atom. The lowest BCUT2D eigenvalue weighted by Crippen LogP contribution is -2.28. The SMILES string of the molecule is OC(CNCc1c(Cl)ccc(Cl)c1Cl)C1CC1. The highest BCUT2D eigenvalue weighted by Gasteiger charge is 2.29. The fourth-order valence-electron chi connectivity index (χ4n) is 1.72. The molecule has 2 rings (SSSR count). The Bertz CT molecular complexity index is 407. The van der Waals surface area contributed by atoms with E-state index < -0.39 is 0 Å². The van der Waals surface area contributed by atoms with Gasteiger partial charge in [-0.05, 0) is 30.9 Å². The third-order valence-corrected chi connectivity index (χ3v) is 4.16. The number of aliphatic hydroxyl groups is 1. The number of hydrogen-bond acceptors (Lipinski definition) is 2. The monoisotopic (exact) mass is 293 g/mol. The molecule has 2 nitrogen and oxygen atoms in total. The van der Waals surface area contributed by atoms with E-state index in [-0.39, 0.29) is 6.10 Å². The van der Waals surface area contributed by atoms with E-state index in [1.165, 1.54) is 0 Å². The molecule has 0 aliphatic heterocycles. The van der Waals surface area contributed by atoms with Crippen molar-refractivity contribution in [3.8, 4) is 0 Å². The first-order valence-corrected chi connectivity index (χ1v) is 6.74. The van der Waals surface area contributed by atoms with Crippen LogP contribution in [0.5, 0.6) is 0 Å². The molecule has 1 aromatic rings. The quantitative estimate of drug-likeness (QED) is 0.815. The maximum atomic E-state index is 9.71. The van der Waals surface area contributed by atoms with Crippen molar-refractivity contribution < 1.29 is 5.11 Å². The second kappa shape index (κ2) is 5.77. The van der Waals surface area contributed by atoms with E-state index in [9.17, 15) is 5.11 Å². The third kappa shape index (κ3) is 3.49. The van der Waals surface area contributed by atoms with Gasteiger partial charge < -0.3 is 10.4 Å². The van der Waals surface area contributed by atoms with Gasteiger partial charge >= 0.3 is 0 Å². The van der Waals surface area contributed by atoms with Crippen LogP contribution in [0.4, 0.5) is 0 Å². The van der Waals surface area contributed by atoms with Gasteiger partial charge in [-0.2, -0.15) is 0 Å². The number of benzene rings is 1. The summed E-state index contributed by atoms with van der Waals surface area (Å²) in [6.07, 6.45) is 1.98. The summed E-state index contributed by atoms with van der Waals surface area (Å²) in [6.45, 7) is 1.08. The van der Waals surface area contributed by atoms with Crippen molar-refractivity contribution in [1.82, 2.24) is 5.32 Å². The van der Waals surface area contributed by atoms with Gasteiger partial charge in [0.05, 0.1) is 16.1 Å². The van der Waals surface area contributed by atoms with E-state index in [0.717, 1.165) is 18.4 Å². The Labute approximate surface area is 116 Å². The minimum Gasteiger partial charge on any atom is -0.392 e. The molecular weight excluding hydrogens is 280 g/mol. The molecule has 94 valence electrons. The molecule has 0 amide bonds. The fourth-order valence-corrected chi connectivity index (χ4v) is 2.41. The first-order chi connectivity index (χ1) is 8.09. The standard InChI is InChI=1S/C12H14Cl3NO/c13-9-3-4-10(14)12(15)8(9)5-16-6-11(17)7-1-2-7/h3-4,7,11,16-17H,1-2,5-6H2. The highest BCUT2D eigenvalue weighted by molar-refractivity contribution is 6.44. The largest absolute Gasteiger partial charge is 0.392 e. The van der Waals surface area contributed by atoms with Gasteiger partial charge in [-0.1, -0.05) is 34.8 Å². The van der Waals surface area contributed by atoms with Gasteiger partial charge in [0.1, 0.15) is 0 Å². The predicted molar refractivity (Wildman–Crippen MR) is 71.9 cm³/mol. The van der Waals surface area contributed by atoms with Crippen molar-refractivity contribution in [2.45, 2.75) is 25.5 Å². The zero-order chi connectivity index (χ0) is 12.4. The zero-order valence-electron chi connectivity index (χ0n) is 9.22. The van der Waals surface area contributed by atoms with E-state index in [4.69, 9.17) is 34.8 Å². The van der Waals surface area contributed by atoms with Crippen LogP contribution in [0.15, 0.2) is 12.1 Å². The Morgan fingerprint density at radius 2 is 1.88 bits per heavy atom. The van der Waals surface area contributed by atoms with Crippen LogP contribution in [-0.2, 0) is 6.54 Å². The number of halogens is 3. The van der Waals surface area contributed by atoms with Crippen molar-refractivity contribution in [2.75, 3.05) is 6.54 Å². The Balaban J connectivity index is 1.91. The summed E-state index contributed by atoms with van der Waals surface area (Å²) in [5, 5.41) is 14.4. The summed E-state index contributed by atoms with van der Waals surface area (Å²) < 4.78 is 0. The smallest absolute Gasteiger partial charge is 0.0692 e. The second-order valence-corrected chi connectivity index (χ2v) is 5.55. The van der Waals surface area contributed by atoms with Crippen LogP contribution in [-0.4, -0.2) is 17.8 Å². The van der Waals surface area contributed by atoms with Gasteiger partial charge in [0.2, 0.25) is 0 Å². The maximum absolute atomic E-state index is 9.71. The van der Waals surface area contributed by atoms with Crippen molar-refractivity contribution in [3.05, 3.63) is 32.8 Å². The number of aliphatic hydroxyl groups excluding tert-OH is 1.